The van der Waals surface area contributed by atoms with Crippen molar-refractivity contribution in [3.8, 4) is 0 Å². The van der Waals surface area contributed by atoms with E-state index in [0.29, 0.717) is 15.7 Å². The number of hydrogen-bond acceptors (Lipinski definition) is 3. The molecule has 0 saturated carbocycles. The van der Waals surface area contributed by atoms with Crippen LogP contribution in [0.15, 0.2) is 77.7 Å². The van der Waals surface area contributed by atoms with Gasteiger partial charge in [-0.2, -0.15) is 0 Å². The monoisotopic (exact) mass is 462 g/mol. The number of aryl methyl sites for hydroxylation is 1. The molecule has 1 N–H and O–H groups in total. The second-order valence-corrected chi connectivity index (χ2v) is 9.44. The quantitative estimate of drug-likeness (QED) is 0.547. The van der Waals surface area contributed by atoms with Crippen LogP contribution in [-0.4, -0.2) is 20.9 Å². The smallest absolute Gasteiger partial charge is 0.264 e. The van der Waals surface area contributed by atoms with Crippen molar-refractivity contribution in [1.29, 1.82) is 0 Å². The van der Waals surface area contributed by atoms with Gasteiger partial charge in [0, 0.05) is 16.6 Å². The number of sulfonamides is 1. The highest BCUT2D eigenvalue weighted by Gasteiger charge is 2.27. The molecular weight excluding hydrogens is 443 g/mol. The summed E-state index contributed by atoms with van der Waals surface area (Å²) in [6, 6.07) is 19.8. The van der Waals surface area contributed by atoms with Crippen LogP contribution in [0.25, 0.3) is 0 Å². The minimum absolute atomic E-state index is 0.105. The maximum atomic E-state index is 13.3. The summed E-state index contributed by atoms with van der Waals surface area (Å²) in [7, 11) is -3.96. The van der Waals surface area contributed by atoms with Crippen LogP contribution in [0, 0.1) is 6.92 Å². The summed E-state index contributed by atoms with van der Waals surface area (Å²) in [5.41, 5.74) is 2.14. The van der Waals surface area contributed by atoms with Crippen molar-refractivity contribution in [2.75, 3.05) is 10.8 Å². The molecule has 5 nitrogen and oxygen atoms in total. The van der Waals surface area contributed by atoms with Crippen LogP contribution in [0.5, 0.6) is 0 Å². The van der Waals surface area contributed by atoms with Gasteiger partial charge in [0.1, 0.15) is 6.54 Å². The first kappa shape index (κ1) is 22.2. The van der Waals surface area contributed by atoms with E-state index in [2.05, 4.69) is 5.32 Å². The SMILES string of the molecule is Cc1ccc(S(=O)(=O)N(CC(=O)NCc2ccc(Cl)cc2)c2ccc(Cl)cc2)cc1. The standard InChI is InChI=1S/C22H20Cl2N2O3S/c1-16-2-12-21(13-3-16)30(28,29)26(20-10-8-19(24)9-11-20)15-22(27)25-14-17-4-6-18(23)7-5-17/h2-13H,14-15H2,1H3,(H,25,27). The van der Waals surface area contributed by atoms with Crippen LogP contribution >= 0.6 is 23.2 Å². The molecule has 0 atom stereocenters. The molecule has 0 aromatic heterocycles. The van der Waals surface area contributed by atoms with Gasteiger partial charge in [-0.25, -0.2) is 8.42 Å². The lowest BCUT2D eigenvalue weighted by atomic mass is 10.2. The van der Waals surface area contributed by atoms with E-state index in [1.54, 1.807) is 60.7 Å². The average molecular weight is 463 g/mol. The van der Waals surface area contributed by atoms with Crippen LogP contribution in [0.2, 0.25) is 10.0 Å². The van der Waals surface area contributed by atoms with Gasteiger partial charge in [-0.15, -0.1) is 0 Å². The predicted molar refractivity (Wildman–Crippen MR) is 120 cm³/mol. The zero-order valence-corrected chi connectivity index (χ0v) is 18.5. The number of halogens is 2. The molecule has 30 heavy (non-hydrogen) atoms. The Morgan fingerprint density at radius 1 is 0.867 bits per heavy atom. The molecule has 156 valence electrons. The molecule has 0 bridgehead atoms. The van der Waals surface area contributed by atoms with Crippen LogP contribution in [0.1, 0.15) is 11.1 Å². The van der Waals surface area contributed by atoms with E-state index in [1.165, 1.54) is 12.1 Å². The Balaban J connectivity index is 1.84. The molecule has 3 rings (SSSR count). The van der Waals surface area contributed by atoms with E-state index in [0.717, 1.165) is 15.4 Å². The average Bonchev–Trinajstić information content (AvgIpc) is 2.72. The predicted octanol–water partition coefficient (Wildman–Crippen LogP) is 4.81. The van der Waals surface area contributed by atoms with E-state index in [9.17, 15) is 13.2 Å². The highest BCUT2D eigenvalue weighted by Crippen LogP contribution is 2.25. The van der Waals surface area contributed by atoms with E-state index in [4.69, 9.17) is 23.2 Å². The molecule has 0 saturated heterocycles. The van der Waals surface area contributed by atoms with Crippen LogP contribution in [0.4, 0.5) is 5.69 Å². The molecular formula is C22H20Cl2N2O3S. The molecule has 0 heterocycles. The number of carbonyl (C=O) groups is 1. The minimum Gasteiger partial charge on any atom is -0.350 e. The fourth-order valence-corrected chi connectivity index (χ4v) is 4.42. The van der Waals surface area contributed by atoms with Crippen LogP contribution in [0.3, 0.4) is 0 Å². The second kappa shape index (κ2) is 9.51. The summed E-state index contributed by atoms with van der Waals surface area (Å²) in [5.74, 6) is -0.435. The van der Waals surface area contributed by atoms with Gasteiger partial charge in [-0.05, 0) is 61.0 Å². The maximum Gasteiger partial charge on any atom is 0.264 e. The van der Waals surface area contributed by atoms with E-state index in [1.807, 2.05) is 6.92 Å². The third-order valence-corrected chi connectivity index (χ3v) is 6.71. The summed E-state index contributed by atoms with van der Waals surface area (Å²) in [4.78, 5) is 12.7. The fraction of sp³-hybridized carbons (Fsp3) is 0.136. The van der Waals surface area contributed by atoms with E-state index in [-0.39, 0.29) is 18.0 Å². The second-order valence-electron chi connectivity index (χ2n) is 6.70. The van der Waals surface area contributed by atoms with Crippen molar-refractivity contribution in [3.63, 3.8) is 0 Å². The van der Waals surface area contributed by atoms with E-state index >= 15 is 0 Å². The molecule has 0 fully saturated rings. The third-order valence-electron chi connectivity index (χ3n) is 4.41. The summed E-state index contributed by atoms with van der Waals surface area (Å²) in [5, 5.41) is 3.82. The Labute approximate surface area is 186 Å². The normalized spacial score (nSPS) is 11.2. The molecule has 8 heteroatoms. The number of nitrogens with zero attached hydrogens (tertiary/aromatic N) is 1. The number of carbonyl (C=O) groups excluding carboxylic acids is 1. The molecule has 0 radical (unpaired) electrons. The lowest BCUT2D eigenvalue weighted by Crippen LogP contribution is -2.40. The zero-order chi connectivity index (χ0) is 21.7. The molecule has 3 aromatic rings. The Kier molecular flexibility index (Phi) is 7.02. The molecule has 0 spiro atoms. The van der Waals surface area contributed by atoms with Gasteiger partial charge in [-0.3, -0.25) is 9.10 Å². The van der Waals surface area contributed by atoms with Crippen LogP contribution < -0.4 is 9.62 Å². The van der Waals surface area contributed by atoms with Gasteiger partial charge >= 0.3 is 0 Å². The van der Waals surface area contributed by atoms with Gasteiger partial charge < -0.3 is 5.32 Å². The topological polar surface area (TPSA) is 66.5 Å². The highest BCUT2D eigenvalue weighted by molar-refractivity contribution is 7.92. The molecule has 0 unspecified atom stereocenters. The summed E-state index contributed by atoms with van der Waals surface area (Å²) in [6.07, 6.45) is 0. The Hall–Kier alpha value is -2.54. The number of nitrogens with one attached hydrogen (secondary N) is 1. The fourth-order valence-electron chi connectivity index (χ4n) is 2.75. The summed E-state index contributed by atoms with van der Waals surface area (Å²) in [6.45, 7) is 1.76. The molecule has 3 aromatic carbocycles. The molecule has 0 aliphatic carbocycles. The Bertz CT molecular complexity index is 1110. The molecule has 0 aliphatic heterocycles. The lowest BCUT2D eigenvalue weighted by Gasteiger charge is -2.24. The number of hydrogen-bond donors (Lipinski definition) is 1. The first-order valence-corrected chi connectivity index (χ1v) is 11.3. The van der Waals surface area contributed by atoms with Crippen LogP contribution in [-0.2, 0) is 21.4 Å². The maximum absolute atomic E-state index is 13.3. The van der Waals surface area contributed by atoms with Crippen molar-refractivity contribution >= 4 is 44.8 Å². The van der Waals surface area contributed by atoms with Gasteiger partial charge in [0.15, 0.2) is 0 Å². The van der Waals surface area contributed by atoms with E-state index < -0.39 is 15.9 Å². The Morgan fingerprint density at radius 2 is 1.40 bits per heavy atom. The highest BCUT2D eigenvalue weighted by atomic mass is 35.5. The zero-order valence-electron chi connectivity index (χ0n) is 16.2. The summed E-state index contributed by atoms with van der Waals surface area (Å²) >= 11 is 11.8. The number of amides is 1. The minimum atomic E-state index is -3.96. The van der Waals surface area contributed by atoms with Gasteiger partial charge in [0.05, 0.1) is 10.6 Å². The molecule has 1 amide bonds. The number of rotatable bonds is 7. The van der Waals surface area contributed by atoms with Gasteiger partial charge in [-0.1, -0.05) is 53.0 Å². The number of benzene rings is 3. The first-order valence-electron chi connectivity index (χ1n) is 9.12. The first-order chi connectivity index (χ1) is 14.3. The third kappa shape index (κ3) is 5.53. The number of anilines is 1. The lowest BCUT2D eigenvalue weighted by molar-refractivity contribution is -0.119. The summed E-state index contributed by atoms with van der Waals surface area (Å²) < 4.78 is 27.6. The van der Waals surface area contributed by atoms with Crippen molar-refractivity contribution in [3.05, 3.63) is 94.0 Å². The largest absolute Gasteiger partial charge is 0.350 e. The molecule has 0 aliphatic rings. The van der Waals surface area contributed by atoms with Crippen molar-refractivity contribution in [2.45, 2.75) is 18.4 Å². The van der Waals surface area contributed by atoms with Gasteiger partial charge in [0.25, 0.3) is 10.0 Å². The van der Waals surface area contributed by atoms with Crippen molar-refractivity contribution < 1.29 is 13.2 Å². The van der Waals surface area contributed by atoms with Crippen molar-refractivity contribution in [2.24, 2.45) is 0 Å². The van der Waals surface area contributed by atoms with Crippen molar-refractivity contribution in [1.82, 2.24) is 5.32 Å². The van der Waals surface area contributed by atoms with Gasteiger partial charge in [0.2, 0.25) is 5.91 Å². The Morgan fingerprint density at radius 3 is 1.97 bits per heavy atom.